The van der Waals surface area contributed by atoms with Crippen LogP contribution in [-0.4, -0.2) is 72.3 Å². The summed E-state index contributed by atoms with van der Waals surface area (Å²) in [6.07, 6.45) is 2.00. The molecule has 3 rings (SSSR count). The van der Waals surface area contributed by atoms with Crippen molar-refractivity contribution in [1.29, 1.82) is 0 Å². The minimum atomic E-state index is -0.500. The SMILES string of the molecule is Nc1nc(NCCN2CCOCC2)nc(N2CCCC2)c1[N+](=O)[O-]. The summed E-state index contributed by atoms with van der Waals surface area (Å²) in [5, 5.41) is 14.4. The highest BCUT2D eigenvalue weighted by Gasteiger charge is 2.28. The predicted octanol–water partition coefficient (Wildman–Crippen LogP) is 0.311. The highest BCUT2D eigenvalue weighted by atomic mass is 16.6. The zero-order valence-electron chi connectivity index (χ0n) is 13.6. The van der Waals surface area contributed by atoms with Gasteiger partial charge in [0.1, 0.15) is 0 Å². The molecule has 3 heterocycles. The standard InChI is InChI=1S/C14H23N7O3/c15-12-11(21(22)23)13(20-4-1-2-5-20)18-14(17-12)16-3-6-19-7-9-24-10-8-19/h1-10H2,(H3,15,16,17,18). The van der Waals surface area contributed by atoms with Gasteiger partial charge in [0.25, 0.3) is 0 Å². The number of nitro groups is 1. The zero-order valence-corrected chi connectivity index (χ0v) is 13.6. The maximum absolute atomic E-state index is 11.3. The number of nitrogen functional groups attached to an aromatic ring is 1. The fraction of sp³-hybridized carbons (Fsp3) is 0.714. The van der Waals surface area contributed by atoms with Crippen LogP contribution < -0.4 is 16.0 Å². The van der Waals surface area contributed by atoms with E-state index in [9.17, 15) is 10.1 Å². The minimum Gasteiger partial charge on any atom is -0.379 e. The third-order valence-electron chi connectivity index (χ3n) is 4.30. The van der Waals surface area contributed by atoms with E-state index < -0.39 is 4.92 Å². The number of aromatic nitrogens is 2. The molecule has 0 amide bonds. The van der Waals surface area contributed by atoms with Crippen molar-refractivity contribution in [3.05, 3.63) is 10.1 Å². The van der Waals surface area contributed by atoms with Gasteiger partial charge in [0.15, 0.2) is 0 Å². The van der Waals surface area contributed by atoms with Crippen LogP contribution in [-0.2, 0) is 4.74 Å². The topological polar surface area (TPSA) is 123 Å². The third-order valence-corrected chi connectivity index (χ3v) is 4.30. The molecule has 3 N–H and O–H groups in total. The van der Waals surface area contributed by atoms with Gasteiger partial charge in [-0.05, 0) is 12.8 Å². The first-order valence-corrected chi connectivity index (χ1v) is 8.26. The first-order valence-electron chi connectivity index (χ1n) is 8.26. The lowest BCUT2D eigenvalue weighted by Gasteiger charge is -2.26. The number of nitrogens with two attached hydrogens (primary N) is 1. The molecule has 2 fully saturated rings. The van der Waals surface area contributed by atoms with E-state index in [1.54, 1.807) is 0 Å². The zero-order chi connectivity index (χ0) is 16.9. The summed E-state index contributed by atoms with van der Waals surface area (Å²) in [4.78, 5) is 23.4. The minimum absolute atomic E-state index is 0.0919. The Morgan fingerprint density at radius 3 is 2.58 bits per heavy atom. The van der Waals surface area contributed by atoms with Gasteiger partial charge < -0.3 is 20.7 Å². The lowest BCUT2D eigenvalue weighted by molar-refractivity contribution is -0.383. The van der Waals surface area contributed by atoms with Crippen LogP contribution in [0.5, 0.6) is 0 Å². The van der Waals surface area contributed by atoms with E-state index in [1.165, 1.54) is 0 Å². The molecular formula is C14H23N7O3. The number of ether oxygens (including phenoxy) is 1. The van der Waals surface area contributed by atoms with Crippen LogP contribution in [0.15, 0.2) is 0 Å². The molecule has 132 valence electrons. The van der Waals surface area contributed by atoms with Crippen LogP contribution in [0.2, 0.25) is 0 Å². The summed E-state index contributed by atoms with van der Waals surface area (Å²) < 4.78 is 5.32. The molecule has 0 aliphatic carbocycles. The van der Waals surface area contributed by atoms with E-state index in [4.69, 9.17) is 10.5 Å². The molecule has 0 spiro atoms. The van der Waals surface area contributed by atoms with Crippen LogP contribution in [0, 0.1) is 10.1 Å². The third kappa shape index (κ3) is 3.82. The summed E-state index contributed by atoms with van der Waals surface area (Å²) in [6, 6.07) is 0. The molecule has 0 unspecified atom stereocenters. The Morgan fingerprint density at radius 2 is 1.92 bits per heavy atom. The number of hydrogen-bond donors (Lipinski definition) is 2. The van der Waals surface area contributed by atoms with E-state index in [0.717, 1.165) is 58.8 Å². The Kier molecular flexibility index (Phi) is 5.26. The molecule has 2 aliphatic heterocycles. The van der Waals surface area contributed by atoms with Gasteiger partial charge in [-0.1, -0.05) is 0 Å². The number of nitrogens with one attached hydrogen (secondary N) is 1. The fourth-order valence-corrected chi connectivity index (χ4v) is 3.01. The molecule has 0 saturated carbocycles. The number of hydrogen-bond acceptors (Lipinski definition) is 9. The smallest absolute Gasteiger partial charge is 0.353 e. The highest BCUT2D eigenvalue weighted by Crippen LogP contribution is 2.33. The van der Waals surface area contributed by atoms with Crippen molar-refractivity contribution in [3.8, 4) is 0 Å². The first kappa shape index (κ1) is 16.7. The van der Waals surface area contributed by atoms with Gasteiger partial charge in [-0.3, -0.25) is 15.0 Å². The molecule has 0 radical (unpaired) electrons. The molecule has 24 heavy (non-hydrogen) atoms. The number of morpholine rings is 1. The van der Waals surface area contributed by atoms with Gasteiger partial charge >= 0.3 is 5.69 Å². The number of rotatable bonds is 6. The second-order valence-corrected chi connectivity index (χ2v) is 5.94. The van der Waals surface area contributed by atoms with Gasteiger partial charge in [0.2, 0.25) is 17.6 Å². The van der Waals surface area contributed by atoms with Crippen molar-refractivity contribution in [2.75, 3.05) is 68.4 Å². The molecule has 0 bridgehead atoms. The molecule has 0 atom stereocenters. The van der Waals surface area contributed by atoms with Crippen LogP contribution in [0.3, 0.4) is 0 Å². The van der Waals surface area contributed by atoms with Crippen LogP contribution >= 0.6 is 0 Å². The van der Waals surface area contributed by atoms with E-state index in [-0.39, 0.29) is 11.5 Å². The maximum atomic E-state index is 11.3. The van der Waals surface area contributed by atoms with Gasteiger partial charge in [-0.25, -0.2) is 0 Å². The van der Waals surface area contributed by atoms with E-state index in [2.05, 4.69) is 20.2 Å². The predicted molar refractivity (Wildman–Crippen MR) is 90.3 cm³/mol. The summed E-state index contributed by atoms with van der Waals surface area (Å²) in [6.45, 7) is 6.31. The van der Waals surface area contributed by atoms with Crippen LogP contribution in [0.4, 0.5) is 23.3 Å². The van der Waals surface area contributed by atoms with Crippen LogP contribution in [0.1, 0.15) is 12.8 Å². The number of nitrogens with zero attached hydrogens (tertiary/aromatic N) is 5. The Labute approximate surface area is 140 Å². The molecule has 1 aromatic rings. The van der Waals surface area contributed by atoms with Crippen molar-refractivity contribution in [2.45, 2.75) is 12.8 Å². The normalized spacial score (nSPS) is 18.8. The molecule has 10 heteroatoms. The highest BCUT2D eigenvalue weighted by molar-refractivity contribution is 5.71. The Bertz CT molecular complexity index is 586. The molecule has 2 saturated heterocycles. The van der Waals surface area contributed by atoms with Gasteiger partial charge in [0, 0.05) is 39.3 Å². The average Bonchev–Trinajstić information content (AvgIpc) is 3.09. The summed E-state index contributed by atoms with van der Waals surface area (Å²) >= 11 is 0. The van der Waals surface area contributed by atoms with E-state index in [1.807, 2.05) is 4.90 Å². The van der Waals surface area contributed by atoms with Gasteiger partial charge in [-0.15, -0.1) is 0 Å². The average molecular weight is 337 g/mol. The van der Waals surface area contributed by atoms with Gasteiger partial charge in [0.05, 0.1) is 18.1 Å². The molecule has 0 aromatic carbocycles. The Morgan fingerprint density at radius 1 is 1.21 bits per heavy atom. The monoisotopic (exact) mass is 337 g/mol. The molecular weight excluding hydrogens is 314 g/mol. The maximum Gasteiger partial charge on any atom is 0.353 e. The first-order chi connectivity index (χ1) is 11.6. The lowest BCUT2D eigenvalue weighted by Crippen LogP contribution is -2.39. The largest absolute Gasteiger partial charge is 0.379 e. The van der Waals surface area contributed by atoms with Crippen molar-refractivity contribution in [3.63, 3.8) is 0 Å². The lowest BCUT2D eigenvalue weighted by atomic mass is 10.4. The quantitative estimate of drug-likeness (QED) is 0.557. The van der Waals surface area contributed by atoms with E-state index in [0.29, 0.717) is 18.3 Å². The summed E-state index contributed by atoms with van der Waals surface area (Å²) in [5.74, 6) is 0.568. The van der Waals surface area contributed by atoms with Crippen molar-refractivity contribution < 1.29 is 9.66 Å². The van der Waals surface area contributed by atoms with Crippen molar-refractivity contribution >= 4 is 23.3 Å². The number of anilines is 3. The summed E-state index contributed by atoms with van der Waals surface area (Å²) in [7, 11) is 0. The Hall–Kier alpha value is -2.20. The summed E-state index contributed by atoms with van der Waals surface area (Å²) in [5.41, 5.74) is 5.62. The van der Waals surface area contributed by atoms with Crippen molar-refractivity contribution in [2.24, 2.45) is 0 Å². The Balaban J connectivity index is 1.69. The molecule has 10 nitrogen and oxygen atoms in total. The second kappa shape index (κ2) is 7.58. The molecule has 1 aromatic heterocycles. The fourth-order valence-electron chi connectivity index (χ4n) is 3.01. The molecule has 2 aliphatic rings. The van der Waals surface area contributed by atoms with E-state index >= 15 is 0 Å². The van der Waals surface area contributed by atoms with Crippen LogP contribution in [0.25, 0.3) is 0 Å². The van der Waals surface area contributed by atoms with Crippen molar-refractivity contribution in [1.82, 2.24) is 14.9 Å². The second-order valence-electron chi connectivity index (χ2n) is 5.94. The van der Waals surface area contributed by atoms with Gasteiger partial charge in [-0.2, -0.15) is 9.97 Å².